The lowest BCUT2D eigenvalue weighted by molar-refractivity contribution is 0.215. The van der Waals surface area contributed by atoms with Crippen molar-refractivity contribution < 1.29 is 9.53 Å². The molecule has 22 heavy (non-hydrogen) atoms. The van der Waals surface area contributed by atoms with Crippen LogP contribution in [0.3, 0.4) is 0 Å². The molecule has 0 aliphatic rings. The van der Waals surface area contributed by atoms with E-state index in [-0.39, 0.29) is 0 Å². The van der Waals surface area contributed by atoms with Crippen LogP contribution in [0.1, 0.15) is 0 Å². The monoisotopic (exact) mass is 309 g/mol. The van der Waals surface area contributed by atoms with Crippen molar-refractivity contribution in [3.05, 3.63) is 66.7 Å². The maximum Gasteiger partial charge on any atom is 0.417 e. The Labute approximate surface area is 133 Å². The lowest BCUT2D eigenvalue weighted by Gasteiger charge is -2.08. The fourth-order valence-electron chi connectivity index (χ4n) is 2.16. The van der Waals surface area contributed by atoms with E-state index in [1.165, 1.54) is 0 Å². The fourth-order valence-corrected chi connectivity index (χ4v) is 2.56. The van der Waals surface area contributed by atoms with Gasteiger partial charge in [0.1, 0.15) is 5.75 Å². The second-order valence-electron chi connectivity index (χ2n) is 4.75. The molecule has 0 bridgehead atoms. The Morgan fingerprint density at radius 2 is 1.68 bits per heavy atom. The van der Waals surface area contributed by atoms with Gasteiger partial charge in [0.15, 0.2) is 0 Å². The summed E-state index contributed by atoms with van der Waals surface area (Å²) in [5.74, 6) is 0.525. The van der Waals surface area contributed by atoms with Crippen LogP contribution in [0.2, 0.25) is 0 Å². The molecular weight excluding hydrogens is 294 g/mol. The van der Waals surface area contributed by atoms with Gasteiger partial charge in [-0.05, 0) is 53.4 Å². The van der Waals surface area contributed by atoms with E-state index in [2.05, 4.69) is 5.32 Å². The van der Waals surface area contributed by atoms with Gasteiger partial charge in [-0.15, -0.1) is 11.8 Å². The minimum Gasteiger partial charge on any atom is -0.410 e. The molecule has 3 rings (SSSR count). The van der Waals surface area contributed by atoms with Crippen LogP contribution in [0, 0.1) is 0 Å². The number of hydrogen-bond acceptors (Lipinski definition) is 3. The third-order valence-corrected chi connectivity index (χ3v) is 4.01. The highest BCUT2D eigenvalue weighted by Crippen LogP contribution is 2.21. The van der Waals surface area contributed by atoms with Gasteiger partial charge >= 0.3 is 6.09 Å². The average molecular weight is 309 g/mol. The number of amides is 1. The summed E-state index contributed by atoms with van der Waals surface area (Å²) in [6, 6.07) is 21.1. The molecule has 0 saturated heterocycles. The zero-order valence-corrected chi connectivity index (χ0v) is 12.9. The summed E-state index contributed by atoms with van der Waals surface area (Å²) in [5.41, 5.74) is 0.712. The summed E-state index contributed by atoms with van der Waals surface area (Å²) in [7, 11) is 0. The van der Waals surface area contributed by atoms with E-state index >= 15 is 0 Å². The molecule has 0 spiro atoms. The maximum absolute atomic E-state index is 11.9. The first-order valence-electron chi connectivity index (χ1n) is 6.86. The zero-order chi connectivity index (χ0) is 15.4. The summed E-state index contributed by atoms with van der Waals surface area (Å²) in [6.07, 6.45) is 1.52. The van der Waals surface area contributed by atoms with Crippen molar-refractivity contribution >= 4 is 34.3 Å². The Bertz CT molecular complexity index is 800. The number of fused-ring (bicyclic) bond motifs is 1. The van der Waals surface area contributed by atoms with Crippen molar-refractivity contribution in [1.29, 1.82) is 0 Å². The first-order chi connectivity index (χ1) is 10.7. The smallest absolute Gasteiger partial charge is 0.410 e. The van der Waals surface area contributed by atoms with Crippen LogP contribution < -0.4 is 10.1 Å². The van der Waals surface area contributed by atoms with Gasteiger partial charge in [0.25, 0.3) is 0 Å². The van der Waals surface area contributed by atoms with Crippen molar-refractivity contribution in [3.8, 4) is 5.75 Å². The molecule has 0 atom stereocenters. The number of carbonyl (C=O) groups is 1. The number of rotatable bonds is 3. The molecule has 0 heterocycles. The van der Waals surface area contributed by atoms with E-state index in [0.29, 0.717) is 11.4 Å². The predicted octanol–water partition coefficient (Wildman–Crippen LogP) is 5.17. The molecule has 3 aromatic rings. The zero-order valence-electron chi connectivity index (χ0n) is 12.1. The Hall–Kier alpha value is -2.46. The molecule has 1 amide bonds. The number of anilines is 1. The van der Waals surface area contributed by atoms with Crippen LogP contribution in [-0.2, 0) is 0 Å². The van der Waals surface area contributed by atoms with Crippen molar-refractivity contribution in [2.45, 2.75) is 4.90 Å². The molecule has 0 unspecified atom stereocenters. The molecule has 0 saturated carbocycles. The van der Waals surface area contributed by atoms with Crippen LogP contribution in [0.4, 0.5) is 10.5 Å². The summed E-state index contributed by atoms with van der Waals surface area (Å²) in [4.78, 5) is 13.1. The number of nitrogens with one attached hydrogen (secondary N) is 1. The molecule has 4 heteroatoms. The molecule has 1 N–H and O–H groups in total. The summed E-state index contributed by atoms with van der Waals surface area (Å²) in [6.45, 7) is 0. The number of hydrogen-bond donors (Lipinski definition) is 1. The van der Waals surface area contributed by atoms with Gasteiger partial charge in [0.05, 0.1) is 0 Å². The quantitative estimate of drug-likeness (QED) is 0.678. The molecule has 110 valence electrons. The van der Waals surface area contributed by atoms with Crippen LogP contribution in [0.15, 0.2) is 71.6 Å². The largest absolute Gasteiger partial charge is 0.417 e. The molecule has 0 aliphatic carbocycles. The van der Waals surface area contributed by atoms with Gasteiger partial charge in [-0.1, -0.05) is 30.3 Å². The second kappa shape index (κ2) is 6.54. The number of thioether (sulfide) groups is 1. The van der Waals surface area contributed by atoms with Gasteiger partial charge in [-0.2, -0.15) is 0 Å². The second-order valence-corrected chi connectivity index (χ2v) is 5.63. The summed E-state index contributed by atoms with van der Waals surface area (Å²) in [5, 5.41) is 4.87. The molecule has 0 fully saturated rings. The van der Waals surface area contributed by atoms with Crippen molar-refractivity contribution in [3.63, 3.8) is 0 Å². The third kappa shape index (κ3) is 3.40. The number of ether oxygens (including phenoxy) is 1. The topological polar surface area (TPSA) is 38.3 Å². The molecule has 3 aromatic carbocycles. The van der Waals surface area contributed by atoms with Crippen LogP contribution in [0.5, 0.6) is 5.75 Å². The van der Waals surface area contributed by atoms with E-state index in [4.69, 9.17) is 4.74 Å². The highest BCUT2D eigenvalue weighted by atomic mass is 32.2. The highest BCUT2D eigenvalue weighted by molar-refractivity contribution is 7.98. The Balaban J connectivity index is 1.69. The summed E-state index contributed by atoms with van der Waals surface area (Å²) >= 11 is 1.66. The molecule has 0 aliphatic heterocycles. The van der Waals surface area contributed by atoms with Crippen LogP contribution in [-0.4, -0.2) is 12.3 Å². The highest BCUT2D eigenvalue weighted by Gasteiger charge is 2.06. The predicted molar refractivity (Wildman–Crippen MR) is 91.8 cm³/mol. The van der Waals surface area contributed by atoms with Gasteiger partial charge in [-0.3, -0.25) is 5.32 Å². The van der Waals surface area contributed by atoms with Crippen molar-refractivity contribution in [2.24, 2.45) is 0 Å². The Kier molecular flexibility index (Phi) is 4.30. The van der Waals surface area contributed by atoms with E-state index in [9.17, 15) is 4.79 Å². The van der Waals surface area contributed by atoms with Crippen LogP contribution in [0.25, 0.3) is 10.8 Å². The molecule has 0 radical (unpaired) electrons. The van der Waals surface area contributed by atoms with E-state index in [1.54, 1.807) is 17.8 Å². The average Bonchev–Trinajstić information content (AvgIpc) is 2.55. The van der Waals surface area contributed by atoms with Crippen molar-refractivity contribution in [2.75, 3.05) is 11.6 Å². The van der Waals surface area contributed by atoms with Gasteiger partial charge < -0.3 is 4.74 Å². The minimum atomic E-state index is -0.493. The lowest BCUT2D eigenvalue weighted by atomic mass is 10.1. The van der Waals surface area contributed by atoms with Gasteiger partial charge in [-0.25, -0.2) is 4.79 Å². The van der Waals surface area contributed by atoms with Crippen molar-refractivity contribution in [1.82, 2.24) is 0 Å². The van der Waals surface area contributed by atoms with E-state index < -0.39 is 6.09 Å². The van der Waals surface area contributed by atoms with Crippen LogP contribution >= 0.6 is 11.8 Å². The minimum absolute atomic E-state index is 0.493. The first-order valence-corrected chi connectivity index (χ1v) is 8.09. The number of benzene rings is 3. The Morgan fingerprint density at radius 3 is 2.41 bits per heavy atom. The SMILES string of the molecule is CSc1ccc(NC(=O)Oc2ccc3ccccc3c2)cc1. The standard InChI is InChI=1S/C18H15NO2S/c1-22-17-10-7-15(8-11-17)19-18(20)21-16-9-6-13-4-2-3-5-14(13)12-16/h2-12H,1H3,(H,19,20). The normalized spacial score (nSPS) is 10.4. The maximum atomic E-state index is 11.9. The first kappa shape index (κ1) is 14.5. The fraction of sp³-hybridized carbons (Fsp3) is 0.0556. The summed E-state index contributed by atoms with van der Waals surface area (Å²) < 4.78 is 5.33. The number of carbonyl (C=O) groups excluding carboxylic acids is 1. The molecule has 3 nitrogen and oxygen atoms in total. The Morgan fingerprint density at radius 1 is 0.955 bits per heavy atom. The third-order valence-electron chi connectivity index (χ3n) is 3.27. The van der Waals surface area contributed by atoms with E-state index in [0.717, 1.165) is 15.7 Å². The van der Waals surface area contributed by atoms with Gasteiger partial charge in [0, 0.05) is 10.6 Å². The van der Waals surface area contributed by atoms with E-state index in [1.807, 2.05) is 66.9 Å². The molecular formula is C18H15NO2S. The molecule has 0 aromatic heterocycles. The van der Waals surface area contributed by atoms with Gasteiger partial charge in [0.2, 0.25) is 0 Å². The lowest BCUT2D eigenvalue weighted by Crippen LogP contribution is -2.16.